The molecule has 1 fully saturated rings. The number of anilines is 2. The molecule has 1 saturated heterocycles. The lowest BCUT2D eigenvalue weighted by Gasteiger charge is -2.25. The minimum atomic E-state index is 0.0215. The number of nitrogens with zero attached hydrogens (tertiary/aromatic N) is 4. The van der Waals surface area contributed by atoms with Crippen molar-refractivity contribution in [1.29, 1.82) is 0 Å². The predicted molar refractivity (Wildman–Crippen MR) is 117 cm³/mol. The van der Waals surface area contributed by atoms with Crippen molar-refractivity contribution < 1.29 is 4.79 Å². The summed E-state index contributed by atoms with van der Waals surface area (Å²) < 4.78 is 0. The molecule has 0 aromatic carbocycles. The molecular weight excluding hydrogens is 376 g/mol. The molecule has 7 nitrogen and oxygen atoms in total. The Bertz CT molecular complexity index is 1010. The van der Waals surface area contributed by atoms with Gasteiger partial charge in [-0.2, -0.15) is 5.10 Å². The lowest BCUT2D eigenvalue weighted by molar-refractivity contribution is -0.132. The van der Waals surface area contributed by atoms with Crippen molar-refractivity contribution in [2.45, 2.75) is 52.5 Å². The van der Waals surface area contributed by atoms with E-state index in [2.05, 4.69) is 20.5 Å². The first-order valence-electron chi connectivity index (χ1n) is 10.5. The Morgan fingerprint density at radius 3 is 2.87 bits per heavy atom. The maximum atomic E-state index is 13.0. The van der Waals surface area contributed by atoms with Crippen LogP contribution in [0.1, 0.15) is 53.6 Å². The summed E-state index contributed by atoms with van der Waals surface area (Å²) in [6.45, 7) is 6.75. The van der Waals surface area contributed by atoms with Gasteiger partial charge in [-0.15, -0.1) is 0 Å². The van der Waals surface area contributed by atoms with Crippen LogP contribution >= 0.6 is 0 Å². The van der Waals surface area contributed by atoms with E-state index in [0.717, 1.165) is 59.2 Å². The first-order valence-corrected chi connectivity index (χ1v) is 10.5. The lowest BCUT2D eigenvalue weighted by atomic mass is 10.1. The average molecular weight is 405 g/mol. The summed E-state index contributed by atoms with van der Waals surface area (Å²) >= 11 is 0. The van der Waals surface area contributed by atoms with Crippen LogP contribution in [-0.2, 0) is 11.2 Å². The molecule has 1 amide bonds. The van der Waals surface area contributed by atoms with Gasteiger partial charge >= 0.3 is 0 Å². The summed E-state index contributed by atoms with van der Waals surface area (Å²) in [7, 11) is 0. The first kappa shape index (κ1) is 20.1. The summed E-state index contributed by atoms with van der Waals surface area (Å²) in [5, 5.41) is 10.6. The van der Waals surface area contributed by atoms with Crippen molar-refractivity contribution in [2.24, 2.45) is 0 Å². The molecule has 3 aromatic heterocycles. The number of likely N-dealkylation sites (tertiary alicyclic amines) is 1. The van der Waals surface area contributed by atoms with Gasteiger partial charge in [-0.25, -0.2) is 4.98 Å². The standard InChI is InChI=1S/C23H28N6O/c1-15-13-18(26-22-8-4-5-11-24-22)14-20(25-15)21-7-6-12-29(21)23(30)10-9-19-16(2)27-28-17(19)3/h4-5,8,11,13-14,21H,6-7,9-10,12H2,1-3H3,(H,27,28)(H,24,25,26)/t21-/m1/s1. The molecule has 4 rings (SSSR count). The molecule has 1 aliphatic rings. The Kier molecular flexibility index (Phi) is 5.79. The minimum absolute atomic E-state index is 0.0215. The maximum Gasteiger partial charge on any atom is 0.223 e. The Morgan fingerprint density at radius 1 is 1.27 bits per heavy atom. The summed E-state index contributed by atoms with van der Waals surface area (Å²) in [5.41, 5.74) is 5.98. The van der Waals surface area contributed by atoms with Gasteiger partial charge in [0.2, 0.25) is 5.91 Å². The molecule has 7 heteroatoms. The normalized spacial score (nSPS) is 16.1. The zero-order chi connectivity index (χ0) is 21.1. The molecule has 0 saturated carbocycles. The largest absolute Gasteiger partial charge is 0.340 e. The summed E-state index contributed by atoms with van der Waals surface area (Å²) in [4.78, 5) is 24.1. The highest BCUT2D eigenvalue weighted by atomic mass is 16.2. The number of carbonyl (C=O) groups excluding carboxylic acids is 1. The van der Waals surface area contributed by atoms with Gasteiger partial charge in [0.25, 0.3) is 0 Å². The van der Waals surface area contributed by atoms with Crippen molar-refractivity contribution in [3.63, 3.8) is 0 Å². The number of carbonyl (C=O) groups is 1. The number of hydrogen-bond donors (Lipinski definition) is 2. The quantitative estimate of drug-likeness (QED) is 0.644. The van der Waals surface area contributed by atoms with Crippen molar-refractivity contribution >= 4 is 17.4 Å². The van der Waals surface area contributed by atoms with Crippen molar-refractivity contribution in [3.05, 3.63) is 64.9 Å². The van der Waals surface area contributed by atoms with Crippen molar-refractivity contribution in [1.82, 2.24) is 25.1 Å². The third kappa shape index (κ3) is 4.35. The molecule has 0 radical (unpaired) electrons. The average Bonchev–Trinajstić information content (AvgIpc) is 3.34. The number of aromatic amines is 1. The van der Waals surface area contributed by atoms with Crippen LogP contribution in [0.4, 0.5) is 11.5 Å². The number of rotatable bonds is 6. The fourth-order valence-corrected chi connectivity index (χ4v) is 4.21. The van der Waals surface area contributed by atoms with E-state index in [0.29, 0.717) is 12.8 Å². The molecular formula is C23H28N6O. The van der Waals surface area contributed by atoms with E-state index in [1.165, 1.54) is 0 Å². The third-order valence-corrected chi connectivity index (χ3v) is 5.69. The number of aryl methyl sites for hydroxylation is 3. The maximum absolute atomic E-state index is 13.0. The van der Waals surface area contributed by atoms with Crippen LogP contribution in [0.25, 0.3) is 0 Å². The van der Waals surface area contributed by atoms with Crippen molar-refractivity contribution in [3.8, 4) is 0 Å². The van der Waals surface area contributed by atoms with Gasteiger partial charge < -0.3 is 10.2 Å². The highest BCUT2D eigenvalue weighted by Crippen LogP contribution is 2.33. The molecule has 2 N–H and O–H groups in total. The van der Waals surface area contributed by atoms with Crippen LogP contribution in [0, 0.1) is 20.8 Å². The molecule has 4 heterocycles. The summed E-state index contributed by atoms with van der Waals surface area (Å²) in [6.07, 6.45) is 4.90. The second-order valence-corrected chi connectivity index (χ2v) is 7.92. The monoisotopic (exact) mass is 404 g/mol. The van der Waals surface area contributed by atoms with Crippen molar-refractivity contribution in [2.75, 3.05) is 11.9 Å². The highest BCUT2D eigenvalue weighted by molar-refractivity contribution is 5.77. The summed E-state index contributed by atoms with van der Waals surface area (Å²) in [5.74, 6) is 0.972. The Labute approximate surface area is 176 Å². The van der Waals surface area contributed by atoms with Gasteiger partial charge in [-0.3, -0.25) is 14.9 Å². The van der Waals surface area contributed by atoms with Gasteiger partial charge in [0, 0.05) is 36.2 Å². The van der Waals surface area contributed by atoms with E-state index in [1.807, 2.05) is 56.0 Å². The van der Waals surface area contributed by atoms with Crippen LogP contribution < -0.4 is 5.32 Å². The number of hydrogen-bond acceptors (Lipinski definition) is 5. The second kappa shape index (κ2) is 8.65. The Morgan fingerprint density at radius 2 is 2.13 bits per heavy atom. The Hall–Kier alpha value is -3.22. The van der Waals surface area contributed by atoms with E-state index in [1.54, 1.807) is 6.20 Å². The fraction of sp³-hybridized carbons (Fsp3) is 0.391. The van der Waals surface area contributed by atoms with Gasteiger partial charge in [-0.05, 0) is 69.9 Å². The molecule has 3 aromatic rings. The van der Waals surface area contributed by atoms with Gasteiger partial charge in [0.1, 0.15) is 5.82 Å². The number of amides is 1. The zero-order valence-electron chi connectivity index (χ0n) is 17.8. The molecule has 0 spiro atoms. The topological polar surface area (TPSA) is 86.8 Å². The van der Waals surface area contributed by atoms with E-state index >= 15 is 0 Å². The van der Waals surface area contributed by atoms with E-state index in [-0.39, 0.29) is 11.9 Å². The van der Waals surface area contributed by atoms with Crippen LogP contribution in [0.2, 0.25) is 0 Å². The first-order chi connectivity index (χ1) is 14.5. The van der Waals surface area contributed by atoms with Crippen LogP contribution in [0.15, 0.2) is 36.5 Å². The SMILES string of the molecule is Cc1cc(Nc2ccccn2)cc([C@H]2CCCN2C(=O)CCc2c(C)n[nH]c2C)n1. The molecule has 30 heavy (non-hydrogen) atoms. The van der Waals surface area contributed by atoms with E-state index in [4.69, 9.17) is 4.98 Å². The number of H-pyrrole nitrogens is 1. The molecule has 0 bridgehead atoms. The van der Waals surface area contributed by atoms with Gasteiger partial charge in [0.15, 0.2) is 0 Å². The van der Waals surface area contributed by atoms with Gasteiger partial charge in [-0.1, -0.05) is 6.07 Å². The predicted octanol–water partition coefficient (Wildman–Crippen LogP) is 4.16. The second-order valence-electron chi connectivity index (χ2n) is 7.92. The zero-order valence-corrected chi connectivity index (χ0v) is 17.8. The van der Waals surface area contributed by atoms with E-state index < -0.39 is 0 Å². The number of aromatic nitrogens is 4. The Balaban J connectivity index is 1.49. The van der Waals surface area contributed by atoms with E-state index in [9.17, 15) is 4.79 Å². The molecule has 156 valence electrons. The fourth-order valence-electron chi connectivity index (χ4n) is 4.21. The summed E-state index contributed by atoms with van der Waals surface area (Å²) in [6, 6.07) is 9.84. The lowest BCUT2D eigenvalue weighted by Crippen LogP contribution is -2.31. The molecule has 1 atom stereocenters. The highest BCUT2D eigenvalue weighted by Gasteiger charge is 2.31. The third-order valence-electron chi connectivity index (χ3n) is 5.69. The molecule has 0 unspecified atom stereocenters. The minimum Gasteiger partial charge on any atom is -0.340 e. The molecule has 1 aliphatic heterocycles. The number of nitrogens with one attached hydrogen (secondary N) is 2. The van der Waals surface area contributed by atoms with Gasteiger partial charge in [0.05, 0.1) is 17.4 Å². The van der Waals surface area contributed by atoms with Crippen LogP contribution in [-0.4, -0.2) is 37.5 Å². The van der Waals surface area contributed by atoms with Crippen LogP contribution in [0.3, 0.4) is 0 Å². The van der Waals surface area contributed by atoms with Crippen LogP contribution in [0.5, 0.6) is 0 Å². The smallest absolute Gasteiger partial charge is 0.223 e. The number of pyridine rings is 2. The molecule has 0 aliphatic carbocycles.